The molecule has 0 radical (unpaired) electrons. The lowest BCUT2D eigenvalue weighted by atomic mass is 10.3. The number of hydrogen-bond acceptors (Lipinski definition) is 7. The molecule has 0 aliphatic carbocycles. The normalized spacial score (nSPS) is 11.6. The number of nitro benzene ring substituents is 1. The summed E-state index contributed by atoms with van der Waals surface area (Å²) in [6.07, 6.45) is 0. The summed E-state index contributed by atoms with van der Waals surface area (Å²) < 4.78 is 24.9. The number of carbonyl (C=O) groups is 1. The first-order valence-electron chi connectivity index (χ1n) is 8.50. The summed E-state index contributed by atoms with van der Waals surface area (Å²) in [6.45, 7) is 2.46. The number of imidazole rings is 1. The quantitative estimate of drug-likeness (QED) is 0.306. The number of non-ortho nitro benzene ring substituents is 1. The SMILES string of the molecule is CCn1c(SCC(=O)Nc2ccc([N+](=O)[O-])cc2Cl)nc2cc(S(N)(=O)=O)ccc21. The van der Waals surface area contributed by atoms with Crippen molar-refractivity contribution in [2.45, 2.75) is 23.5 Å². The number of nitrogens with two attached hydrogens (primary N) is 1. The third-order valence-corrected chi connectivity index (χ3v) is 6.30. The first-order chi connectivity index (χ1) is 14.1. The van der Waals surface area contributed by atoms with E-state index in [0.29, 0.717) is 22.7 Å². The van der Waals surface area contributed by atoms with Crippen molar-refractivity contribution < 1.29 is 18.1 Å². The fraction of sp³-hybridized carbons (Fsp3) is 0.176. The Kier molecular flexibility index (Phi) is 6.31. The number of fused-ring (bicyclic) bond motifs is 1. The summed E-state index contributed by atoms with van der Waals surface area (Å²) in [5, 5.41) is 19.1. The van der Waals surface area contributed by atoms with Gasteiger partial charge in [-0.25, -0.2) is 18.5 Å². The van der Waals surface area contributed by atoms with Crippen LogP contribution in [0.5, 0.6) is 0 Å². The molecule has 1 aromatic heterocycles. The number of carbonyl (C=O) groups excluding carboxylic acids is 1. The Labute approximate surface area is 180 Å². The van der Waals surface area contributed by atoms with E-state index in [-0.39, 0.29) is 33.0 Å². The predicted molar refractivity (Wildman–Crippen MR) is 114 cm³/mol. The van der Waals surface area contributed by atoms with Crippen molar-refractivity contribution in [2.24, 2.45) is 5.14 Å². The van der Waals surface area contributed by atoms with Gasteiger partial charge in [-0.1, -0.05) is 23.4 Å². The molecule has 3 aromatic rings. The molecule has 0 atom stereocenters. The molecule has 3 N–H and O–H groups in total. The van der Waals surface area contributed by atoms with Gasteiger partial charge in [0.15, 0.2) is 5.16 Å². The molecular formula is C17H16ClN5O5S2. The van der Waals surface area contributed by atoms with Gasteiger partial charge in [0.25, 0.3) is 5.69 Å². The van der Waals surface area contributed by atoms with Crippen LogP contribution in [0.2, 0.25) is 5.02 Å². The van der Waals surface area contributed by atoms with Gasteiger partial charge in [-0.3, -0.25) is 14.9 Å². The summed E-state index contributed by atoms with van der Waals surface area (Å²) in [5.41, 5.74) is 1.24. The van der Waals surface area contributed by atoms with Crippen LogP contribution in [0, 0.1) is 10.1 Å². The number of hydrogen-bond donors (Lipinski definition) is 2. The van der Waals surface area contributed by atoms with Crippen molar-refractivity contribution in [3.63, 3.8) is 0 Å². The fourth-order valence-electron chi connectivity index (χ4n) is 2.72. The highest BCUT2D eigenvalue weighted by Gasteiger charge is 2.16. The number of nitro groups is 1. The molecule has 158 valence electrons. The number of nitrogens with zero attached hydrogens (tertiary/aromatic N) is 3. The minimum atomic E-state index is -3.85. The zero-order valence-corrected chi connectivity index (χ0v) is 17.9. The van der Waals surface area contributed by atoms with Gasteiger partial charge in [0.1, 0.15) is 0 Å². The van der Waals surface area contributed by atoms with E-state index >= 15 is 0 Å². The topological polar surface area (TPSA) is 150 Å². The molecule has 30 heavy (non-hydrogen) atoms. The lowest BCUT2D eigenvalue weighted by Crippen LogP contribution is -2.15. The second-order valence-electron chi connectivity index (χ2n) is 6.09. The number of benzene rings is 2. The minimum Gasteiger partial charge on any atom is -0.324 e. The maximum atomic E-state index is 12.3. The van der Waals surface area contributed by atoms with Crippen LogP contribution in [-0.4, -0.2) is 34.6 Å². The molecule has 1 heterocycles. The minimum absolute atomic E-state index is 0.00131. The van der Waals surface area contributed by atoms with Crippen LogP contribution in [0.1, 0.15) is 6.92 Å². The van der Waals surface area contributed by atoms with Gasteiger partial charge in [-0.15, -0.1) is 0 Å². The monoisotopic (exact) mass is 469 g/mol. The van der Waals surface area contributed by atoms with E-state index in [2.05, 4.69) is 10.3 Å². The first-order valence-corrected chi connectivity index (χ1v) is 11.4. The van der Waals surface area contributed by atoms with Crippen molar-refractivity contribution >= 4 is 61.7 Å². The van der Waals surface area contributed by atoms with Crippen molar-refractivity contribution in [1.29, 1.82) is 0 Å². The molecule has 0 saturated heterocycles. The zero-order chi connectivity index (χ0) is 22.1. The van der Waals surface area contributed by atoms with Crippen LogP contribution >= 0.6 is 23.4 Å². The van der Waals surface area contributed by atoms with Crippen molar-refractivity contribution in [3.05, 3.63) is 51.5 Å². The number of primary sulfonamides is 1. The number of sulfonamides is 1. The molecule has 10 nitrogen and oxygen atoms in total. The summed E-state index contributed by atoms with van der Waals surface area (Å²) in [6, 6.07) is 8.17. The molecule has 0 aliphatic rings. The Morgan fingerprint density at radius 2 is 2.07 bits per heavy atom. The van der Waals surface area contributed by atoms with Crippen LogP contribution in [0.25, 0.3) is 11.0 Å². The van der Waals surface area contributed by atoms with Gasteiger partial charge in [0.05, 0.1) is 37.3 Å². The number of aryl methyl sites for hydroxylation is 1. The van der Waals surface area contributed by atoms with Crippen LogP contribution in [-0.2, 0) is 21.4 Å². The van der Waals surface area contributed by atoms with Crippen molar-refractivity contribution in [2.75, 3.05) is 11.1 Å². The molecule has 0 aliphatic heterocycles. The van der Waals surface area contributed by atoms with Crippen LogP contribution in [0.15, 0.2) is 46.5 Å². The van der Waals surface area contributed by atoms with Crippen LogP contribution in [0.4, 0.5) is 11.4 Å². The van der Waals surface area contributed by atoms with E-state index < -0.39 is 14.9 Å². The van der Waals surface area contributed by atoms with Crippen molar-refractivity contribution in [3.8, 4) is 0 Å². The number of amides is 1. The number of aromatic nitrogens is 2. The van der Waals surface area contributed by atoms with Gasteiger partial charge >= 0.3 is 0 Å². The molecule has 0 unspecified atom stereocenters. The second-order valence-corrected chi connectivity index (χ2v) is 9.00. The third-order valence-electron chi connectivity index (χ3n) is 4.10. The standard InChI is InChI=1S/C17H16ClN5O5S2/c1-2-22-15-6-4-11(30(19,27)28)8-14(15)21-17(22)29-9-16(24)20-13-5-3-10(23(25)26)7-12(13)18/h3-8H,2,9H2,1H3,(H,20,24)(H2,19,27,28). The lowest BCUT2D eigenvalue weighted by molar-refractivity contribution is -0.384. The van der Waals surface area contributed by atoms with Gasteiger partial charge in [0, 0.05) is 18.7 Å². The Balaban J connectivity index is 1.76. The molecule has 2 aromatic carbocycles. The number of anilines is 1. The van der Waals surface area contributed by atoms with Gasteiger partial charge in [-0.05, 0) is 31.2 Å². The van der Waals surface area contributed by atoms with E-state index in [9.17, 15) is 23.3 Å². The lowest BCUT2D eigenvalue weighted by Gasteiger charge is -2.08. The molecular weight excluding hydrogens is 454 g/mol. The smallest absolute Gasteiger partial charge is 0.271 e. The number of thioether (sulfide) groups is 1. The van der Waals surface area contributed by atoms with Crippen LogP contribution in [0.3, 0.4) is 0 Å². The molecule has 1 amide bonds. The largest absolute Gasteiger partial charge is 0.324 e. The average Bonchev–Trinajstić information content (AvgIpc) is 3.03. The maximum absolute atomic E-state index is 12.3. The summed E-state index contributed by atoms with van der Waals surface area (Å²) in [7, 11) is -3.85. The Morgan fingerprint density at radius 3 is 2.67 bits per heavy atom. The van der Waals surface area contributed by atoms with Gasteiger partial charge in [-0.2, -0.15) is 0 Å². The van der Waals surface area contributed by atoms with Crippen LogP contribution < -0.4 is 10.5 Å². The third kappa shape index (κ3) is 4.73. The fourth-order valence-corrected chi connectivity index (χ4v) is 4.35. The van der Waals surface area contributed by atoms with Gasteiger partial charge < -0.3 is 9.88 Å². The number of nitrogens with one attached hydrogen (secondary N) is 1. The number of halogens is 1. The molecule has 3 rings (SSSR count). The highest BCUT2D eigenvalue weighted by molar-refractivity contribution is 7.99. The van der Waals surface area contributed by atoms with E-state index in [1.54, 1.807) is 6.07 Å². The Bertz CT molecular complexity index is 1260. The highest BCUT2D eigenvalue weighted by atomic mass is 35.5. The van der Waals surface area contributed by atoms with Gasteiger partial charge in [0.2, 0.25) is 15.9 Å². The first kappa shape index (κ1) is 22.0. The molecule has 13 heteroatoms. The Morgan fingerprint density at radius 1 is 1.33 bits per heavy atom. The van der Waals surface area contributed by atoms with E-state index in [4.69, 9.17) is 16.7 Å². The molecule has 0 saturated carbocycles. The Hall–Kier alpha value is -2.67. The summed E-state index contributed by atoms with van der Waals surface area (Å²) in [4.78, 5) is 26.8. The number of rotatable bonds is 7. The van der Waals surface area contributed by atoms with E-state index in [1.807, 2.05) is 11.5 Å². The molecule has 0 fully saturated rings. The van der Waals surface area contributed by atoms with E-state index in [0.717, 1.165) is 17.8 Å². The second kappa shape index (κ2) is 8.60. The maximum Gasteiger partial charge on any atom is 0.271 e. The van der Waals surface area contributed by atoms with E-state index in [1.165, 1.54) is 24.3 Å². The zero-order valence-electron chi connectivity index (χ0n) is 15.5. The highest BCUT2D eigenvalue weighted by Crippen LogP contribution is 2.28. The summed E-state index contributed by atoms with van der Waals surface area (Å²) >= 11 is 7.15. The molecule has 0 bridgehead atoms. The van der Waals surface area contributed by atoms with Crippen molar-refractivity contribution in [1.82, 2.24) is 9.55 Å². The molecule has 0 spiro atoms. The summed E-state index contributed by atoms with van der Waals surface area (Å²) in [5.74, 6) is -0.380. The average molecular weight is 470 g/mol. The predicted octanol–water partition coefficient (Wildman–Crippen LogP) is 3.00.